The van der Waals surface area contributed by atoms with E-state index in [9.17, 15) is 9.59 Å². The fourth-order valence-corrected chi connectivity index (χ4v) is 3.99. The van der Waals surface area contributed by atoms with E-state index in [1.165, 1.54) is 0 Å². The van der Waals surface area contributed by atoms with Gasteiger partial charge in [0.15, 0.2) is 0 Å². The first-order valence-electron chi connectivity index (χ1n) is 10.1. The summed E-state index contributed by atoms with van der Waals surface area (Å²) in [5, 5.41) is 19.9. The van der Waals surface area contributed by atoms with Gasteiger partial charge in [-0.05, 0) is 30.0 Å². The first-order chi connectivity index (χ1) is 15.0. The van der Waals surface area contributed by atoms with E-state index < -0.39 is 5.97 Å². The molecule has 3 aromatic rings. The van der Waals surface area contributed by atoms with Gasteiger partial charge in [0.25, 0.3) is 5.95 Å². The molecule has 31 heavy (non-hydrogen) atoms. The Morgan fingerprint density at radius 2 is 1.87 bits per heavy atom. The van der Waals surface area contributed by atoms with Crippen LogP contribution in [-0.4, -0.2) is 31.7 Å². The summed E-state index contributed by atoms with van der Waals surface area (Å²) in [5.41, 5.74) is 2.05. The molecule has 1 aliphatic rings. The highest BCUT2D eigenvalue weighted by molar-refractivity contribution is 6.31. The average molecular weight is 440 g/mol. The molecule has 8 nitrogen and oxygen atoms in total. The van der Waals surface area contributed by atoms with E-state index in [0.717, 1.165) is 11.1 Å². The summed E-state index contributed by atoms with van der Waals surface area (Å²) >= 11 is 6.49. The molecule has 1 amide bonds. The van der Waals surface area contributed by atoms with Crippen LogP contribution in [-0.2, 0) is 9.59 Å². The number of anilines is 2. The van der Waals surface area contributed by atoms with Crippen LogP contribution in [0.5, 0.6) is 0 Å². The van der Waals surface area contributed by atoms with Gasteiger partial charge in [-0.15, -0.1) is 5.10 Å². The molecule has 0 fully saturated rings. The summed E-state index contributed by atoms with van der Waals surface area (Å²) in [7, 11) is 0. The number of nitrogens with one attached hydrogen (secondary N) is 2. The summed E-state index contributed by atoms with van der Waals surface area (Å²) in [5.74, 6) is -0.542. The Balaban J connectivity index is 1.61. The van der Waals surface area contributed by atoms with Crippen molar-refractivity contribution >= 4 is 35.4 Å². The fraction of sp³-hybridized carbons (Fsp3) is 0.273. The number of aromatic nitrogens is 3. The Kier molecular flexibility index (Phi) is 6.18. The van der Waals surface area contributed by atoms with E-state index in [2.05, 4.69) is 32.8 Å². The second kappa shape index (κ2) is 9.18. The Labute approximate surface area is 184 Å². The van der Waals surface area contributed by atoms with E-state index in [4.69, 9.17) is 16.7 Å². The molecular formula is C22H22ClN5O3. The third kappa shape index (κ3) is 4.86. The van der Waals surface area contributed by atoms with E-state index in [1.54, 1.807) is 4.68 Å². The van der Waals surface area contributed by atoms with Crippen LogP contribution in [0.2, 0.25) is 5.02 Å². The number of amides is 1. The Morgan fingerprint density at radius 3 is 2.61 bits per heavy atom. The smallest absolute Gasteiger partial charge is 0.303 e. The van der Waals surface area contributed by atoms with Crippen molar-refractivity contribution in [3.63, 3.8) is 0 Å². The Bertz CT molecular complexity index is 1090. The number of carboxylic acids is 1. The number of benzene rings is 2. The van der Waals surface area contributed by atoms with Crippen LogP contribution >= 0.6 is 11.6 Å². The SMILES string of the molecule is O=C(O)CCCC(=O)Nc1nc2n(n1)[C@H](c1ccccc1Cl)C[C@H](c1ccccc1)N2. The highest BCUT2D eigenvalue weighted by Gasteiger charge is 2.32. The highest BCUT2D eigenvalue weighted by atomic mass is 35.5. The quantitative estimate of drug-likeness (QED) is 0.507. The monoisotopic (exact) mass is 439 g/mol. The molecule has 2 aromatic carbocycles. The minimum absolute atomic E-state index is 0.00158. The third-order valence-corrected chi connectivity index (χ3v) is 5.54. The zero-order valence-electron chi connectivity index (χ0n) is 16.7. The van der Waals surface area contributed by atoms with Crippen molar-refractivity contribution in [2.45, 2.75) is 37.8 Å². The first-order valence-corrected chi connectivity index (χ1v) is 10.4. The molecule has 3 N–H and O–H groups in total. The average Bonchev–Trinajstić information content (AvgIpc) is 3.16. The summed E-state index contributed by atoms with van der Waals surface area (Å²) in [6.45, 7) is 0. The van der Waals surface area contributed by atoms with Crippen LogP contribution in [0, 0.1) is 0 Å². The first kappa shape index (κ1) is 20.9. The zero-order valence-corrected chi connectivity index (χ0v) is 17.4. The number of carbonyl (C=O) groups excluding carboxylic acids is 1. The number of aliphatic carboxylic acids is 1. The van der Waals surface area contributed by atoms with Gasteiger partial charge in [0.1, 0.15) is 0 Å². The maximum Gasteiger partial charge on any atom is 0.303 e. The fourth-order valence-electron chi connectivity index (χ4n) is 3.73. The minimum Gasteiger partial charge on any atom is -0.481 e. The molecule has 4 rings (SSSR count). The third-order valence-electron chi connectivity index (χ3n) is 5.20. The number of halogens is 1. The molecule has 160 valence electrons. The number of fused-ring (bicyclic) bond motifs is 1. The van der Waals surface area contributed by atoms with Crippen LogP contribution in [0.3, 0.4) is 0 Å². The topological polar surface area (TPSA) is 109 Å². The molecule has 0 radical (unpaired) electrons. The molecule has 0 unspecified atom stereocenters. The molecule has 0 bridgehead atoms. The maximum atomic E-state index is 12.2. The lowest BCUT2D eigenvalue weighted by atomic mass is 9.93. The van der Waals surface area contributed by atoms with Crippen LogP contribution in [0.4, 0.5) is 11.9 Å². The summed E-state index contributed by atoms with van der Waals surface area (Å²) in [6.07, 6.45) is 0.987. The van der Waals surface area contributed by atoms with Crippen molar-refractivity contribution in [1.82, 2.24) is 14.8 Å². The summed E-state index contributed by atoms with van der Waals surface area (Å²) in [6, 6.07) is 17.5. The van der Waals surface area contributed by atoms with Crippen molar-refractivity contribution in [2.24, 2.45) is 0 Å². The standard InChI is InChI=1S/C22H22ClN5O3/c23-16-10-5-4-9-15(16)18-13-17(14-7-2-1-3-8-14)24-22-26-21(27-28(18)22)25-19(29)11-6-12-20(30)31/h1-5,7-10,17-18H,6,11-13H2,(H,30,31)(H2,24,25,26,27,29)/t17-,18+/m1/s1. The molecular weight excluding hydrogens is 418 g/mol. The molecule has 1 aromatic heterocycles. The lowest BCUT2D eigenvalue weighted by molar-refractivity contribution is -0.137. The summed E-state index contributed by atoms with van der Waals surface area (Å²) in [4.78, 5) is 27.3. The second-order valence-corrected chi connectivity index (χ2v) is 7.79. The van der Waals surface area contributed by atoms with Crippen LogP contribution in [0.15, 0.2) is 54.6 Å². The zero-order chi connectivity index (χ0) is 21.8. The Hall–Kier alpha value is -3.39. The number of carbonyl (C=O) groups is 2. The number of rotatable bonds is 7. The second-order valence-electron chi connectivity index (χ2n) is 7.38. The van der Waals surface area contributed by atoms with Gasteiger partial charge >= 0.3 is 5.97 Å². The van der Waals surface area contributed by atoms with Crippen LogP contribution < -0.4 is 10.6 Å². The van der Waals surface area contributed by atoms with Gasteiger partial charge in [-0.3, -0.25) is 14.9 Å². The van der Waals surface area contributed by atoms with Crippen LogP contribution in [0.1, 0.15) is 48.9 Å². The van der Waals surface area contributed by atoms with Crippen molar-refractivity contribution < 1.29 is 14.7 Å². The van der Waals surface area contributed by atoms with Gasteiger partial charge in [-0.2, -0.15) is 4.98 Å². The molecule has 1 aliphatic heterocycles. The van der Waals surface area contributed by atoms with Crippen molar-refractivity contribution in [1.29, 1.82) is 0 Å². The largest absolute Gasteiger partial charge is 0.481 e. The van der Waals surface area contributed by atoms with Crippen LogP contribution in [0.25, 0.3) is 0 Å². The number of nitrogens with zero attached hydrogens (tertiary/aromatic N) is 3. The minimum atomic E-state index is -0.929. The lowest BCUT2D eigenvalue weighted by Crippen LogP contribution is -2.28. The molecule has 0 spiro atoms. The van der Waals surface area contributed by atoms with Gasteiger partial charge < -0.3 is 10.4 Å². The predicted octanol–water partition coefficient (Wildman–Crippen LogP) is 4.27. The predicted molar refractivity (Wildman–Crippen MR) is 117 cm³/mol. The van der Waals surface area contributed by atoms with Crippen molar-refractivity contribution in [2.75, 3.05) is 10.6 Å². The number of carboxylic acid groups (broad SMARTS) is 1. The van der Waals surface area contributed by atoms with E-state index in [0.29, 0.717) is 17.4 Å². The Morgan fingerprint density at radius 1 is 1.13 bits per heavy atom. The highest BCUT2D eigenvalue weighted by Crippen LogP contribution is 2.40. The van der Waals surface area contributed by atoms with E-state index in [-0.39, 0.29) is 43.2 Å². The molecule has 2 heterocycles. The van der Waals surface area contributed by atoms with Gasteiger partial charge in [0.2, 0.25) is 11.9 Å². The van der Waals surface area contributed by atoms with Gasteiger partial charge in [0.05, 0.1) is 12.1 Å². The number of hydrogen-bond acceptors (Lipinski definition) is 5. The van der Waals surface area contributed by atoms with Gasteiger partial charge in [-0.25, -0.2) is 4.68 Å². The van der Waals surface area contributed by atoms with Crippen molar-refractivity contribution in [3.8, 4) is 0 Å². The maximum absolute atomic E-state index is 12.2. The molecule has 0 saturated heterocycles. The van der Waals surface area contributed by atoms with Crippen molar-refractivity contribution in [3.05, 3.63) is 70.7 Å². The number of hydrogen-bond donors (Lipinski definition) is 3. The lowest BCUT2D eigenvalue weighted by Gasteiger charge is -2.32. The molecule has 9 heteroatoms. The van der Waals surface area contributed by atoms with Gasteiger partial charge in [0, 0.05) is 17.9 Å². The molecule has 0 aliphatic carbocycles. The molecule has 0 saturated carbocycles. The van der Waals surface area contributed by atoms with E-state index in [1.807, 2.05) is 42.5 Å². The van der Waals surface area contributed by atoms with Gasteiger partial charge in [-0.1, -0.05) is 60.1 Å². The normalized spacial score (nSPS) is 17.5. The van der Waals surface area contributed by atoms with E-state index >= 15 is 0 Å². The summed E-state index contributed by atoms with van der Waals surface area (Å²) < 4.78 is 1.74. The molecule has 2 atom stereocenters.